The van der Waals surface area contributed by atoms with Crippen LogP contribution in [0.4, 0.5) is 5.13 Å². The highest BCUT2D eigenvalue weighted by Crippen LogP contribution is 2.21. The molecule has 0 atom stereocenters. The molecule has 2 aromatic heterocycles. The number of hydrogen-bond donors (Lipinski definition) is 2. The third-order valence-corrected chi connectivity index (χ3v) is 4.97. The van der Waals surface area contributed by atoms with Gasteiger partial charge in [0, 0.05) is 22.1 Å². The van der Waals surface area contributed by atoms with Crippen molar-refractivity contribution in [2.24, 2.45) is 0 Å². The Balaban J connectivity index is 1.39. The van der Waals surface area contributed by atoms with Crippen molar-refractivity contribution < 1.29 is 14.3 Å². The number of para-hydroxylation sites is 1. The number of rotatable bonds is 6. The van der Waals surface area contributed by atoms with E-state index in [0.29, 0.717) is 26.7 Å². The highest BCUT2D eigenvalue weighted by atomic mass is 35.5. The highest BCUT2D eigenvalue weighted by molar-refractivity contribution is 7.15. The Bertz CT molecular complexity index is 1150. The summed E-state index contributed by atoms with van der Waals surface area (Å²) in [6.07, 6.45) is 1.53. The summed E-state index contributed by atoms with van der Waals surface area (Å²) in [6.45, 7) is 0.186. The molecule has 0 saturated carbocycles. The molecule has 0 fully saturated rings. The van der Waals surface area contributed by atoms with E-state index in [-0.39, 0.29) is 11.7 Å². The average Bonchev–Trinajstić information content (AvgIpc) is 3.34. The van der Waals surface area contributed by atoms with Crippen molar-refractivity contribution in [1.82, 2.24) is 15.2 Å². The zero-order valence-corrected chi connectivity index (χ0v) is 15.9. The number of aromatic amines is 1. The fraction of sp³-hybridized carbons (Fsp3) is 0.0526. The number of anilines is 1. The predicted octanol–water partition coefficient (Wildman–Crippen LogP) is 4.07. The number of hydrogen-bond acceptors (Lipinski definition) is 6. The van der Waals surface area contributed by atoms with Crippen molar-refractivity contribution in [1.29, 1.82) is 0 Å². The molecule has 0 radical (unpaired) electrons. The van der Waals surface area contributed by atoms with Crippen LogP contribution >= 0.6 is 22.9 Å². The zero-order valence-electron chi connectivity index (χ0n) is 14.3. The Morgan fingerprint density at radius 3 is 2.71 bits per heavy atom. The van der Waals surface area contributed by atoms with Crippen molar-refractivity contribution in [3.05, 3.63) is 70.3 Å². The molecule has 9 heteroatoms. The largest absolute Gasteiger partial charge is 0.486 e. The van der Waals surface area contributed by atoms with E-state index in [4.69, 9.17) is 16.3 Å². The van der Waals surface area contributed by atoms with Gasteiger partial charge in [-0.15, -0.1) is 10.2 Å². The summed E-state index contributed by atoms with van der Waals surface area (Å²) >= 11 is 6.97. The lowest BCUT2D eigenvalue weighted by Crippen LogP contribution is -2.22. The topological polar surface area (TPSA) is 97.0 Å². The summed E-state index contributed by atoms with van der Waals surface area (Å²) < 4.78 is 5.59. The van der Waals surface area contributed by atoms with Crippen LogP contribution in [-0.2, 0) is 11.4 Å². The second-order valence-corrected chi connectivity index (χ2v) is 7.27. The summed E-state index contributed by atoms with van der Waals surface area (Å²) in [6, 6.07) is 14.2. The number of ether oxygens (including phenoxy) is 1. The molecule has 4 aromatic rings. The van der Waals surface area contributed by atoms with Crippen LogP contribution in [0.2, 0.25) is 5.02 Å². The summed E-state index contributed by atoms with van der Waals surface area (Å²) in [5.74, 6) is -0.780. The number of fused-ring (bicyclic) bond motifs is 1. The lowest BCUT2D eigenvalue weighted by atomic mass is 10.1. The maximum atomic E-state index is 12.5. The smallest absolute Gasteiger partial charge is 0.298 e. The van der Waals surface area contributed by atoms with Crippen LogP contribution in [0.3, 0.4) is 0 Å². The number of Topliss-reactive ketones (excluding diaryl/α,β-unsaturated/α-hetero) is 1. The molecule has 0 saturated heterocycles. The molecule has 2 aromatic carbocycles. The number of aromatic nitrogens is 3. The van der Waals surface area contributed by atoms with Gasteiger partial charge in [0.2, 0.25) is 5.13 Å². The molecule has 0 aliphatic rings. The number of H-pyrrole nitrogens is 1. The third-order valence-electron chi connectivity index (χ3n) is 3.90. The molecule has 0 aliphatic heterocycles. The van der Waals surface area contributed by atoms with E-state index in [1.807, 2.05) is 18.2 Å². The number of amides is 1. The molecule has 140 valence electrons. The van der Waals surface area contributed by atoms with E-state index in [1.54, 1.807) is 30.3 Å². The van der Waals surface area contributed by atoms with Crippen LogP contribution in [0.25, 0.3) is 10.9 Å². The normalized spacial score (nSPS) is 10.8. The van der Waals surface area contributed by atoms with Gasteiger partial charge in [-0.1, -0.05) is 41.1 Å². The van der Waals surface area contributed by atoms with Crippen molar-refractivity contribution in [3.63, 3.8) is 0 Å². The standard InChI is InChI=1S/C19H13ClN4O3S/c20-11-5-7-12(8-6-11)27-10-16-23-24-19(28-16)22-18(26)17(25)14-9-21-15-4-2-1-3-13(14)15/h1-9,21H,10H2,(H,22,24,26). The average molecular weight is 413 g/mol. The minimum Gasteiger partial charge on any atom is -0.486 e. The van der Waals surface area contributed by atoms with E-state index in [9.17, 15) is 9.59 Å². The van der Waals surface area contributed by atoms with Crippen LogP contribution < -0.4 is 10.1 Å². The van der Waals surface area contributed by atoms with Gasteiger partial charge in [-0.3, -0.25) is 14.9 Å². The number of halogens is 1. The molecule has 2 heterocycles. The second kappa shape index (κ2) is 7.79. The minimum atomic E-state index is -0.772. The van der Waals surface area contributed by atoms with Gasteiger partial charge in [0.15, 0.2) is 5.01 Å². The van der Waals surface area contributed by atoms with E-state index in [1.165, 1.54) is 6.20 Å². The molecule has 2 N–H and O–H groups in total. The summed E-state index contributed by atoms with van der Waals surface area (Å²) in [5.41, 5.74) is 1.10. The first kappa shape index (κ1) is 18.1. The number of nitrogens with one attached hydrogen (secondary N) is 2. The first-order valence-electron chi connectivity index (χ1n) is 8.23. The van der Waals surface area contributed by atoms with Gasteiger partial charge in [-0.25, -0.2) is 0 Å². The highest BCUT2D eigenvalue weighted by Gasteiger charge is 2.21. The maximum Gasteiger partial charge on any atom is 0.298 e. The van der Waals surface area contributed by atoms with E-state index >= 15 is 0 Å². The predicted molar refractivity (Wildman–Crippen MR) is 107 cm³/mol. The first-order chi connectivity index (χ1) is 13.6. The van der Waals surface area contributed by atoms with Crippen LogP contribution in [-0.4, -0.2) is 26.9 Å². The Morgan fingerprint density at radius 2 is 1.89 bits per heavy atom. The Hall–Kier alpha value is -3.23. The Morgan fingerprint density at radius 1 is 1.11 bits per heavy atom. The molecule has 0 spiro atoms. The SMILES string of the molecule is O=C(Nc1nnc(COc2ccc(Cl)cc2)s1)C(=O)c1c[nH]c2ccccc12. The van der Waals surface area contributed by atoms with E-state index in [2.05, 4.69) is 20.5 Å². The molecular formula is C19H13ClN4O3S. The first-order valence-corrected chi connectivity index (χ1v) is 9.42. The lowest BCUT2D eigenvalue weighted by molar-refractivity contribution is -0.112. The van der Waals surface area contributed by atoms with Crippen molar-refractivity contribution in [2.45, 2.75) is 6.61 Å². The third kappa shape index (κ3) is 3.88. The fourth-order valence-electron chi connectivity index (χ4n) is 2.57. The molecule has 0 aliphatic carbocycles. The Kier molecular flexibility index (Phi) is 5.05. The van der Waals surface area contributed by atoms with Gasteiger partial charge in [0.05, 0.1) is 5.56 Å². The summed E-state index contributed by atoms with van der Waals surface area (Å²) in [4.78, 5) is 27.7. The van der Waals surface area contributed by atoms with Gasteiger partial charge in [-0.2, -0.15) is 0 Å². The van der Waals surface area contributed by atoms with Gasteiger partial charge in [-0.05, 0) is 30.3 Å². The monoisotopic (exact) mass is 412 g/mol. The quantitative estimate of drug-likeness (QED) is 0.367. The minimum absolute atomic E-state index is 0.186. The van der Waals surface area contributed by atoms with E-state index in [0.717, 1.165) is 16.9 Å². The number of ketones is 1. The van der Waals surface area contributed by atoms with Crippen molar-refractivity contribution in [2.75, 3.05) is 5.32 Å². The number of nitrogens with zero attached hydrogens (tertiary/aromatic N) is 2. The molecular weight excluding hydrogens is 400 g/mol. The summed E-state index contributed by atoms with van der Waals surface area (Å²) in [7, 11) is 0. The van der Waals surface area contributed by atoms with E-state index < -0.39 is 11.7 Å². The van der Waals surface area contributed by atoms with Gasteiger partial charge in [0.25, 0.3) is 11.7 Å². The number of benzene rings is 2. The number of carbonyl (C=O) groups is 2. The van der Waals surface area contributed by atoms with Crippen molar-refractivity contribution in [3.8, 4) is 5.75 Å². The molecule has 4 rings (SSSR count). The van der Waals surface area contributed by atoms with Crippen LogP contribution in [0, 0.1) is 0 Å². The van der Waals surface area contributed by atoms with Crippen LogP contribution in [0.1, 0.15) is 15.4 Å². The zero-order chi connectivity index (χ0) is 19.5. The van der Waals surface area contributed by atoms with Crippen molar-refractivity contribution >= 4 is 50.7 Å². The van der Waals surface area contributed by atoms with Gasteiger partial charge < -0.3 is 9.72 Å². The number of carbonyl (C=O) groups excluding carboxylic acids is 2. The molecule has 7 nitrogen and oxygen atoms in total. The molecule has 0 unspecified atom stereocenters. The summed E-state index contributed by atoms with van der Waals surface area (Å²) in [5, 5.41) is 12.4. The molecule has 0 bridgehead atoms. The molecule has 1 amide bonds. The van der Waals surface area contributed by atoms with Gasteiger partial charge in [0.1, 0.15) is 12.4 Å². The molecule has 28 heavy (non-hydrogen) atoms. The maximum absolute atomic E-state index is 12.5. The van der Waals surface area contributed by atoms with Crippen LogP contribution in [0.5, 0.6) is 5.75 Å². The fourth-order valence-corrected chi connectivity index (χ4v) is 3.35. The van der Waals surface area contributed by atoms with Crippen LogP contribution in [0.15, 0.2) is 54.7 Å². The Labute approximate surface area is 168 Å². The van der Waals surface area contributed by atoms with Gasteiger partial charge >= 0.3 is 0 Å². The lowest BCUT2D eigenvalue weighted by Gasteiger charge is -2.02. The second-order valence-electron chi connectivity index (χ2n) is 5.77.